The number of nitrogens with zero attached hydrogens (tertiary/aromatic N) is 3. The van der Waals surface area contributed by atoms with Gasteiger partial charge in [0.2, 0.25) is 5.95 Å². The molecule has 0 radical (unpaired) electrons. The third-order valence-electron chi connectivity index (χ3n) is 3.91. The second-order valence-corrected chi connectivity index (χ2v) is 5.39. The smallest absolute Gasteiger partial charge is 0.229 e. The molecule has 1 aromatic carbocycles. The van der Waals surface area contributed by atoms with Crippen molar-refractivity contribution in [1.82, 2.24) is 14.8 Å². The second-order valence-electron chi connectivity index (χ2n) is 5.39. The number of aryl methyl sites for hydroxylation is 1. The molecule has 0 amide bonds. The molecule has 2 aliphatic rings. The van der Waals surface area contributed by atoms with Gasteiger partial charge < -0.3 is 14.8 Å². The first kappa shape index (κ1) is 12.5. The molecule has 0 bridgehead atoms. The van der Waals surface area contributed by atoms with Crippen molar-refractivity contribution in [2.45, 2.75) is 32.2 Å². The van der Waals surface area contributed by atoms with E-state index in [2.05, 4.69) is 20.1 Å². The molecule has 6 heteroatoms. The van der Waals surface area contributed by atoms with Gasteiger partial charge >= 0.3 is 0 Å². The Hall–Kier alpha value is -2.24. The fourth-order valence-corrected chi connectivity index (χ4v) is 2.83. The third-order valence-corrected chi connectivity index (χ3v) is 3.91. The van der Waals surface area contributed by atoms with Crippen molar-refractivity contribution in [1.29, 1.82) is 0 Å². The summed E-state index contributed by atoms with van der Waals surface area (Å²) in [6, 6.07) is 5.86. The van der Waals surface area contributed by atoms with Crippen LogP contribution in [0.25, 0.3) is 0 Å². The van der Waals surface area contributed by atoms with Gasteiger partial charge in [0, 0.05) is 24.7 Å². The summed E-state index contributed by atoms with van der Waals surface area (Å²) in [4.78, 5) is 0. The molecule has 6 nitrogen and oxygen atoms in total. The summed E-state index contributed by atoms with van der Waals surface area (Å²) in [5.41, 5.74) is 0.943. The maximum atomic E-state index is 5.61. The minimum absolute atomic E-state index is 0.594. The van der Waals surface area contributed by atoms with E-state index >= 15 is 0 Å². The average Bonchev–Trinajstić information content (AvgIpc) is 2.75. The Morgan fingerprint density at radius 1 is 1.00 bits per heavy atom. The Kier molecular flexibility index (Phi) is 3.14. The van der Waals surface area contributed by atoms with Gasteiger partial charge in [-0.15, -0.1) is 10.2 Å². The zero-order valence-electron chi connectivity index (χ0n) is 11.8. The maximum Gasteiger partial charge on any atom is 0.229 e. The lowest BCUT2D eigenvalue weighted by molar-refractivity contribution is 0.171. The predicted octanol–water partition coefficient (Wildman–Crippen LogP) is 2.52. The van der Waals surface area contributed by atoms with Crippen molar-refractivity contribution in [3.8, 4) is 11.5 Å². The standard InChI is InChI=1S/C15H18N4O2/c1-2-4-14-17-18-15(19(14)7-3-1)16-11-5-6-12-13(10-11)21-9-8-20-12/h5-6,10H,1-4,7-9H2,(H,16,18). The summed E-state index contributed by atoms with van der Waals surface area (Å²) in [7, 11) is 0. The number of aromatic nitrogens is 3. The molecule has 110 valence electrons. The third kappa shape index (κ3) is 2.41. The number of benzene rings is 1. The van der Waals surface area contributed by atoms with Crippen molar-refractivity contribution < 1.29 is 9.47 Å². The van der Waals surface area contributed by atoms with Crippen molar-refractivity contribution in [3.05, 3.63) is 24.0 Å². The summed E-state index contributed by atoms with van der Waals surface area (Å²) in [6.45, 7) is 2.18. The van der Waals surface area contributed by atoms with Gasteiger partial charge in [-0.3, -0.25) is 4.57 Å². The molecule has 2 aliphatic heterocycles. The van der Waals surface area contributed by atoms with Crippen LogP contribution in [-0.2, 0) is 13.0 Å². The quantitative estimate of drug-likeness (QED) is 0.919. The summed E-state index contributed by atoms with van der Waals surface area (Å²) in [5, 5.41) is 11.9. The van der Waals surface area contributed by atoms with Crippen LogP contribution in [0.5, 0.6) is 11.5 Å². The molecule has 4 rings (SSSR count). The lowest BCUT2D eigenvalue weighted by Crippen LogP contribution is -2.15. The first-order chi connectivity index (χ1) is 10.4. The van der Waals surface area contributed by atoms with Crippen LogP contribution in [-0.4, -0.2) is 28.0 Å². The topological polar surface area (TPSA) is 61.2 Å². The van der Waals surface area contributed by atoms with E-state index in [1.54, 1.807) is 0 Å². The Balaban J connectivity index is 1.60. The Labute approximate surface area is 123 Å². The van der Waals surface area contributed by atoms with Crippen LogP contribution in [0.3, 0.4) is 0 Å². The van der Waals surface area contributed by atoms with Gasteiger partial charge in [0.25, 0.3) is 0 Å². The molecule has 0 saturated carbocycles. The van der Waals surface area contributed by atoms with Crippen molar-refractivity contribution in [2.75, 3.05) is 18.5 Å². The molecule has 0 fully saturated rings. The van der Waals surface area contributed by atoms with Gasteiger partial charge in [0.05, 0.1) is 0 Å². The van der Waals surface area contributed by atoms with Crippen LogP contribution in [0.2, 0.25) is 0 Å². The van der Waals surface area contributed by atoms with E-state index in [0.29, 0.717) is 13.2 Å². The van der Waals surface area contributed by atoms with E-state index in [4.69, 9.17) is 9.47 Å². The zero-order valence-corrected chi connectivity index (χ0v) is 11.8. The highest BCUT2D eigenvalue weighted by molar-refractivity contribution is 5.60. The van der Waals surface area contributed by atoms with E-state index in [1.807, 2.05) is 18.2 Å². The molecule has 0 aliphatic carbocycles. The van der Waals surface area contributed by atoms with Gasteiger partial charge in [0.1, 0.15) is 19.0 Å². The fraction of sp³-hybridized carbons (Fsp3) is 0.467. The molecular weight excluding hydrogens is 268 g/mol. The Morgan fingerprint density at radius 2 is 1.90 bits per heavy atom. The minimum Gasteiger partial charge on any atom is -0.486 e. The lowest BCUT2D eigenvalue weighted by Gasteiger charge is -2.19. The number of hydrogen-bond donors (Lipinski definition) is 1. The Morgan fingerprint density at radius 3 is 2.86 bits per heavy atom. The van der Waals surface area contributed by atoms with Crippen LogP contribution in [0.4, 0.5) is 11.6 Å². The average molecular weight is 286 g/mol. The summed E-state index contributed by atoms with van der Waals surface area (Å²) < 4.78 is 13.3. The van der Waals surface area contributed by atoms with Gasteiger partial charge in [-0.05, 0) is 25.0 Å². The number of nitrogens with one attached hydrogen (secondary N) is 1. The van der Waals surface area contributed by atoms with Crippen LogP contribution in [0, 0.1) is 0 Å². The van der Waals surface area contributed by atoms with Crippen LogP contribution >= 0.6 is 0 Å². The summed E-state index contributed by atoms with van der Waals surface area (Å²) in [5.74, 6) is 3.46. The van der Waals surface area contributed by atoms with E-state index in [9.17, 15) is 0 Å². The van der Waals surface area contributed by atoms with E-state index in [1.165, 1.54) is 19.3 Å². The monoisotopic (exact) mass is 286 g/mol. The molecule has 3 heterocycles. The van der Waals surface area contributed by atoms with Gasteiger partial charge in [0.15, 0.2) is 11.5 Å². The van der Waals surface area contributed by atoms with Gasteiger partial charge in [-0.1, -0.05) is 6.42 Å². The van der Waals surface area contributed by atoms with Gasteiger partial charge in [-0.2, -0.15) is 0 Å². The molecule has 0 spiro atoms. The normalized spacial score (nSPS) is 17.0. The van der Waals surface area contributed by atoms with E-state index < -0.39 is 0 Å². The number of anilines is 2. The van der Waals surface area contributed by atoms with Crippen molar-refractivity contribution >= 4 is 11.6 Å². The van der Waals surface area contributed by atoms with Crippen molar-refractivity contribution in [3.63, 3.8) is 0 Å². The molecular formula is C15H18N4O2. The molecule has 0 saturated heterocycles. The summed E-state index contributed by atoms with van der Waals surface area (Å²) in [6.07, 6.45) is 4.64. The molecule has 1 aromatic heterocycles. The number of hydrogen-bond acceptors (Lipinski definition) is 5. The van der Waals surface area contributed by atoms with Crippen molar-refractivity contribution in [2.24, 2.45) is 0 Å². The predicted molar refractivity (Wildman–Crippen MR) is 78.3 cm³/mol. The van der Waals surface area contributed by atoms with E-state index in [0.717, 1.165) is 41.9 Å². The largest absolute Gasteiger partial charge is 0.486 e. The highest BCUT2D eigenvalue weighted by Crippen LogP contribution is 2.33. The number of ether oxygens (including phenoxy) is 2. The molecule has 0 atom stereocenters. The molecule has 21 heavy (non-hydrogen) atoms. The van der Waals surface area contributed by atoms with E-state index in [-0.39, 0.29) is 0 Å². The Bertz CT molecular complexity index is 653. The first-order valence-corrected chi connectivity index (χ1v) is 7.49. The molecule has 2 aromatic rings. The number of fused-ring (bicyclic) bond motifs is 2. The first-order valence-electron chi connectivity index (χ1n) is 7.49. The van der Waals surface area contributed by atoms with Crippen LogP contribution in [0.1, 0.15) is 25.1 Å². The molecule has 0 unspecified atom stereocenters. The minimum atomic E-state index is 0.594. The highest BCUT2D eigenvalue weighted by atomic mass is 16.6. The molecule has 1 N–H and O–H groups in total. The van der Waals surface area contributed by atoms with Crippen LogP contribution in [0.15, 0.2) is 18.2 Å². The lowest BCUT2D eigenvalue weighted by atomic mass is 10.2. The zero-order chi connectivity index (χ0) is 14.1. The second kappa shape index (κ2) is 5.27. The summed E-state index contributed by atoms with van der Waals surface area (Å²) >= 11 is 0. The van der Waals surface area contributed by atoms with Crippen LogP contribution < -0.4 is 14.8 Å². The van der Waals surface area contributed by atoms with Gasteiger partial charge in [-0.25, -0.2) is 0 Å². The SMILES string of the molecule is c1cc2c(cc1Nc1nnc3n1CCCCC3)OCCO2. The number of rotatable bonds is 2. The fourth-order valence-electron chi connectivity index (χ4n) is 2.83. The maximum absolute atomic E-state index is 5.61. The highest BCUT2D eigenvalue weighted by Gasteiger charge is 2.16.